The molecule has 0 spiro atoms. The van der Waals surface area contributed by atoms with E-state index in [9.17, 15) is 9.18 Å². The minimum Gasteiger partial charge on any atom is -0.478 e. The lowest BCUT2D eigenvalue weighted by Gasteiger charge is -2.42. The minimum atomic E-state index is -1.20. The molecule has 4 rings (SSSR count). The van der Waals surface area contributed by atoms with Gasteiger partial charge in [0.15, 0.2) is 0 Å². The van der Waals surface area contributed by atoms with Gasteiger partial charge in [-0.05, 0) is 78.9 Å². The molecule has 0 amide bonds. The monoisotopic (exact) mass is 442 g/mol. The fourth-order valence-corrected chi connectivity index (χ4v) is 6.39. The molecule has 1 N–H and O–H groups in total. The Morgan fingerprint density at radius 3 is 2.50 bits per heavy atom. The Morgan fingerprint density at radius 1 is 0.969 bits per heavy atom. The number of hydrogen-bond donors (Lipinski definition) is 1. The Balaban J connectivity index is 1.41. The normalized spacial score (nSPS) is 25.6. The van der Waals surface area contributed by atoms with Crippen LogP contribution < -0.4 is 0 Å². The number of rotatable bonds is 8. The average molecular weight is 443 g/mol. The molecular formula is C28H36F2O2. The summed E-state index contributed by atoms with van der Waals surface area (Å²) < 4.78 is 30.0. The zero-order valence-corrected chi connectivity index (χ0v) is 19.2. The van der Waals surface area contributed by atoms with E-state index >= 15 is 4.39 Å². The molecule has 174 valence electrons. The molecule has 4 heteroatoms. The zero-order valence-electron chi connectivity index (χ0n) is 19.2. The number of unbranched alkanes of at least 4 members (excludes halogenated alkanes) is 4. The summed E-state index contributed by atoms with van der Waals surface area (Å²) in [5.41, 5.74) is 0.459. The van der Waals surface area contributed by atoms with Gasteiger partial charge in [-0.2, -0.15) is 0 Å². The molecule has 0 aromatic heterocycles. The summed E-state index contributed by atoms with van der Waals surface area (Å²) in [5, 5.41) is 9.40. The molecule has 2 aliphatic rings. The van der Waals surface area contributed by atoms with Crippen molar-refractivity contribution >= 4 is 16.7 Å². The fraction of sp³-hybridized carbons (Fsp3) is 0.607. The summed E-state index contributed by atoms with van der Waals surface area (Å²) in [4.78, 5) is 11.2. The van der Waals surface area contributed by atoms with E-state index in [4.69, 9.17) is 5.11 Å². The molecule has 2 nitrogen and oxygen atoms in total. The van der Waals surface area contributed by atoms with Crippen LogP contribution in [0, 0.1) is 29.4 Å². The van der Waals surface area contributed by atoms with Gasteiger partial charge in [0.2, 0.25) is 0 Å². The highest BCUT2D eigenvalue weighted by Crippen LogP contribution is 2.49. The fourth-order valence-electron chi connectivity index (χ4n) is 6.39. The SMILES string of the molecule is CCCCCCCC1CCC2CC(c3ccc4cc(C(=O)O)cc(F)c4c3F)CCC2C1. The highest BCUT2D eigenvalue weighted by Gasteiger charge is 2.36. The third kappa shape index (κ3) is 5.00. The van der Waals surface area contributed by atoms with Crippen LogP contribution in [-0.2, 0) is 0 Å². The van der Waals surface area contributed by atoms with Gasteiger partial charge < -0.3 is 5.11 Å². The van der Waals surface area contributed by atoms with Crippen LogP contribution in [0.1, 0.15) is 106 Å². The van der Waals surface area contributed by atoms with Gasteiger partial charge in [0.25, 0.3) is 0 Å². The minimum absolute atomic E-state index is 0.0681. The molecule has 2 aliphatic carbocycles. The first kappa shape index (κ1) is 23.2. The second-order valence-electron chi connectivity index (χ2n) is 10.2. The van der Waals surface area contributed by atoms with Crippen molar-refractivity contribution < 1.29 is 18.7 Å². The quantitative estimate of drug-likeness (QED) is 0.416. The molecular weight excluding hydrogens is 406 g/mol. The second-order valence-corrected chi connectivity index (χ2v) is 10.2. The summed E-state index contributed by atoms with van der Waals surface area (Å²) in [6.07, 6.45) is 15.1. The van der Waals surface area contributed by atoms with E-state index < -0.39 is 17.6 Å². The second kappa shape index (κ2) is 10.3. The number of carbonyl (C=O) groups is 1. The van der Waals surface area contributed by atoms with Crippen molar-refractivity contribution in [2.24, 2.45) is 17.8 Å². The van der Waals surface area contributed by atoms with Crippen LogP contribution in [0.25, 0.3) is 10.8 Å². The smallest absolute Gasteiger partial charge is 0.335 e. The van der Waals surface area contributed by atoms with Crippen molar-refractivity contribution in [1.82, 2.24) is 0 Å². The Hall–Kier alpha value is -1.97. The van der Waals surface area contributed by atoms with Crippen LogP contribution in [0.3, 0.4) is 0 Å². The van der Waals surface area contributed by atoms with Crippen LogP contribution in [0.15, 0.2) is 24.3 Å². The van der Waals surface area contributed by atoms with E-state index in [1.54, 1.807) is 12.1 Å². The third-order valence-electron chi connectivity index (χ3n) is 8.16. The van der Waals surface area contributed by atoms with Gasteiger partial charge in [-0.15, -0.1) is 0 Å². The molecule has 0 radical (unpaired) electrons. The molecule has 2 fully saturated rings. The van der Waals surface area contributed by atoms with Crippen LogP contribution in [0.5, 0.6) is 0 Å². The maximum atomic E-state index is 15.4. The maximum Gasteiger partial charge on any atom is 0.335 e. The van der Waals surface area contributed by atoms with E-state index in [-0.39, 0.29) is 16.9 Å². The van der Waals surface area contributed by atoms with Crippen molar-refractivity contribution in [3.8, 4) is 0 Å². The summed E-state index contributed by atoms with van der Waals surface area (Å²) >= 11 is 0. The van der Waals surface area contributed by atoms with Crippen molar-refractivity contribution in [3.63, 3.8) is 0 Å². The zero-order chi connectivity index (χ0) is 22.7. The van der Waals surface area contributed by atoms with Crippen molar-refractivity contribution in [2.75, 3.05) is 0 Å². The number of benzene rings is 2. The lowest BCUT2D eigenvalue weighted by Crippen LogP contribution is -2.30. The highest BCUT2D eigenvalue weighted by atomic mass is 19.1. The van der Waals surface area contributed by atoms with Crippen LogP contribution >= 0.6 is 0 Å². The third-order valence-corrected chi connectivity index (χ3v) is 8.16. The number of aromatic carboxylic acids is 1. The van der Waals surface area contributed by atoms with Gasteiger partial charge in [-0.3, -0.25) is 0 Å². The first-order chi connectivity index (χ1) is 15.5. The van der Waals surface area contributed by atoms with Crippen molar-refractivity contribution in [3.05, 3.63) is 47.0 Å². The van der Waals surface area contributed by atoms with E-state index in [0.717, 1.165) is 37.2 Å². The summed E-state index contributed by atoms with van der Waals surface area (Å²) in [6, 6.07) is 5.73. The molecule has 0 heterocycles. The number of carboxylic acids is 1. The number of halogens is 2. The predicted octanol–water partition coefficient (Wildman–Crippen LogP) is 8.48. The molecule has 2 aromatic carbocycles. The van der Waals surface area contributed by atoms with E-state index in [1.165, 1.54) is 63.9 Å². The van der Waals surface area contributed by atoms with Gasteiger partial charge >= 0.3 is 5.97 Å². The largest absolute Gasteiger partial charge is 0.478 e. The first-order valence-corrected chi connectivity index (χ1v) is 12.6. The summed E-state index contributed by atoms with van der Waals surface area (Å²) in [5.74, 6) is -0.0775. The first-order valence-electron chi connectivity index (χ1n) is 12.6. The average Bonchev–Trinajstić information content (AvgIpc) is 2.78. The number of fused-ring (bicyclic) bond motifs is 2. The van der Waals surface area contributed by atoms with Gasteiger partial charge in [-0.1, -0.05) is 64.0 Å². The lowest BCUT2D eigenvalue weighted by atomic mass is 9.63. The van der Waals surface area contributed by atoms with Crippen LogP contribution in [-0.4, -0.2) is 11.1 Å². The van der Waals surface area contributed by atoms with Crippen LogP contribution in [0.2, 0.25) is 0 Å². The molecule has 4 atom stereocenters. The van der Waals surface area contributed by atoms with E-state index in [2.05, 4.69) is 6.92 Å². The van der Waals surface area contributed by atoms with Crippen molar-refractivity contribution in [1.29, 1.82) is 0 Å². The summed E-state index contributed by atoms with van der Waals surface area (Å²) in [7, 11) is 0. The maximum absolute atomic E-state index is 15.4. The van der Waals surface area contributed by atoms with Crippen LogP contribution in [0.4, 0.5) is 8.78 Å². The van der Waals surface area contributed by atoms with E-state index in [0.29, 0.717) is 16.9 Å². The topological polar surface area (TPSA) is 37.3 Å². The van der Waals surface area contributed by atoms with E-state index in [1.807, 2.05) is 0 Å². The predicted molar refractivity (Wildman–Crippen MR) is 125 cm³/mol. The van der Waals surface area contributed by atoms with Crippen molar-refractivity contribution in [2.45, 2.75) is 89.9 Å². The van der Waals surface area contributed by atoms with Gasteiger partial charge in [-0.25, -0.2) is 13.6 Å². The molecule has 0 bridgehead atoms. The Morgan fingerprint density at radius 2 is 1.72 bits per heavy atom. The lowest BCUT2D eigenvalue weighted by molar-refractivity contribution is 0.0696. The van der Waals surface area contributed by atoms with Gasteiger partial charge in [0.1, 0.15) is 11.6 Å². The van der Waals surface area contributed by atoms with Gasteiger partial charge in [0, 0.05) is 0 Å². The standard InChI is InChI=1S/C28H36F2O2/c1-2-3-4-5-6-7-18-8-9-20-15-21(11-10-19(20)14-18)24-13-12-22-16-23(28(31)32)17-25(29)26(22)27(24)30/h12-13,16-21H,2-11,14-15H2,1H3,(H,31,32). The molecule has 2 saturated carbocycles. The Bertz CT molecular complexity index is 954. The highest BCUT2D eigenvalue weighted by molar-refractivity contribution is 5.95. The number of carboxylic acid groups (broad SMARTS) is 1. The number of hydrogen-bond acceptors (Lipinski definition) is 1. The molecule has 32 heavy (non-hydrogen) atoms. The van der Waals surface area contributed by atoms with Gasteiger partial charge in [0.05, 0.1) is 10.9 Å². The molecule has 4 unspecified atom stereocenters. The Labute approximate surface area is 190 Å². The summed E-state index contributed by atoms with van der Waals surface area (Å²) in [6.45, 7) is 2.26. The Kier molecular flexibility index (Phi) is 7.48. The molecule has 0 aliphatic heterocycles. The molecule has 0 saturated heterocycles. The molecule has 2 aromatic rings.